The molecule has 1 aliphatic rings. The molecule has 1 N–H and O–H groups in total. The molecule has 1 saturated heterocycles. The molecule has 2 atom stereocenters. The molecule has 142 valence electrons. The summed E-state index contributed by atoms with van der Waals surface area (Å²) in [5, 5.41) is 1.59. The first-order chi connectivity index (χ1) is 12.9. The Kier molecular flexibility index (Phi) is 5.11. The van der Waals surface area contributed by atoms with E-state index in [0.717, 1.165) is 33.9 Å². The third kappa shape index (κ3) is 4.27. The molecule has 2 aromatic carbocycles. The van der Waals surface area contributed by atoms with E-state index in [9.17, 15) is 8.42 Å². The third-order valence-electron chi connectivity index (χ3n) is 4.82. The monoisotopic (exact) mass is 421 g/mol. The molecule has 27 heavy (non-hydrogen) atoms. The largest absolute Gasteiger partial charge is 0.346 e. The number of fused-ring (bicyclic) bond motifs is 1. The molecule has 5 nitrogen and oxygen atoms in total. The molecule has 0 bridgehead atoms. The van der Waals surface area contributed by atoms with Crippen LogP contribution in [0.1, 0.15) is 17.9 Å². The van der Waals surface area contributed by atoms with Crippen molar-refractivity contribution in [2.45, 2.75) is 18.4 Å². The summed E-state index contributed by atoms with van der Waals surface area (Å²) >= 11 is 7.67. The van der Waals surface area contributed by atoms with E-state index in [1.165, 1.54) is 6.26 Å². The number of benzene rings is 2. The van der Waals surface area contributed by atoms with Crippen LogP contribution in [-0.2, 0) is 10.0 Å². The van der Waals surface area contributed by atoms with Crippen LogP contribution >= 0.6 is 22.9 Å². The highest BCUT2D eigenvalue weighted by atomic mass is 35.5. The second kappa shape index (κ2) is 7.39. The topological polar surface area (TPSA) is 62.3 Å². The van der Waals surface area contributed by atoms with Gasteiger partial charge in [0.15, 0.2) is 5.13 Å². The molecule has 0 saturated carbocycles. The summed E-state index contributed by atoms with van der Waals surface area (Å²) in [5.74, 6) is 0.140. The lowest BCUT2D eigenvalue weighted by Gasteiger charge is -2.38. The fourth-order valence-corrected chi connectivity index (χ4v) is 5.71. The quantitative estimate of drug-likeness (QED) is 0.694. The van der Waals surface area contributed by atoms with Crippen molar-refractivity contribution in [1.82, 2.24) is 9.71 Å². The van der Waals surface area contributed by atoms with Crippen LogP contribution in [0.4, 0.5) is 5.13 Å². The Morgan fingerprint density at radius 1 is 1.22 bits per heavy atom. The van der Waals surface area contributed by atoms with Gasteiger partial charge in [-0.2, -0.15) is 0 Å². The van der Waals surface area contributed by atoms with Crippen LogP contribution in [0.15, 0.2) is 48.5 Å². The van der Waals surface area contributed by atoms with E-state index < -0.39 is 10.0 Å². The lowest BCUT2D eigenvalue weighted by Crippen LogP contribution is -2.51. The molecular weight excluding hydrogens is 402 g/mol. The fourth-order valence-electron chi connectivity index (χ4n) is 3.64. The number of hydrogen-bond acceptors (Lipinski definition) is 5. The van der Waals surface area contributed by atoms with Gasteiger partial charge in [0.2, 0.25) is 10.0 Å². The van der Waals surface area contributed by atoms with Crippen molar-refractivity contribution in [1.29, 1.82) is 0 Å². The van der Waals surface area contributed by atoms with Gasteiger partial charge in [0, 0.05) is 30.1 Å². The number of halogens is 1. The zero-order chi connectivity index (χ0) is 19.0. The van der Waals surface area contributed by atoms with Crippen molar-refractivity contribution in [3.63, 3.8) is 0 Å². The molecular formula is C19H20ClN3O2S2. The summed E-state index contributed by atoms with van der Waals surface area (Å²) in [7, 11) is -3.31. The summed E-state index contributed by atoms with van der Waals surface area (Å²) < 4.78 is 27.8. The number of sulfonamides is 1. The van der Waals surface area contributed by atoms with Gasteiger partial charge in [-0.1, -0.05) is 53.3 Å². The molecule has 0 amide bonds. The molecule has 8 heteroatoms. The molecule has 1 fully saturated rings. The smallest absolute Gasteiger partial charge is 0.209 e. The van der Waals surface area contributed by atoms with Crippen molar-refractivity contribution in [2.24, 2.45) is 0 Å². The number of anilines is 1. The van der Waals surface area contributed by atoms with Gasteiger partial charge in [-0.05, 0) is 30.2 Å². The first-order valence-electron chi connectivity index (χ1n) is 8.72. The minimum atomic E-state index is -3.31. The lowest BCUT2D eigenvalue weighted by molar-refractivity contribution is 0.411. The number of nitrogens with zero attached hydrogens (tertiary/aromatic N) is 2. The minimum absolute atomic E-state index is 0.140. The van der Waals surface area contributed by atoms with Crippen LogP contribution < -0.4 is 9.62 Å². The maximum atomic E-state index is 11.9. The second-order valence-electron chi connectivity index (χ2n) is 6.86. The van der Waals surface area contributed by atoms with Crippen LogP contribution in [0.3, 0.4) is 0 Å². The highest BCUT2D eigenvalue weighted by molar-refractivity contribution is 7.88. The van der Waals surface area contributed by atoms with Crippen molar-refractivity contribution in [3.8, 4) is 0 Å². The summed E-state index contributed by atoms with van der Waals surface area (Å²) in [6.45, 7) is 1.41. The van der Waals surface area contributed by atoms with Gasteiger partial charge in [0.1, 0.15) is 0 Å². The van der Waals surface area contributed by atoms with Crippen molar-refractivity contribution < 1.29 is 8.42 Å². The number of rotatable bonds is 4. The predicted molar refractivity (Wildman–Crippen MR) is 112 cm³/mol. The average Bonchev–Trinajstić information content (AvgIpc) is 3.04. The van der Waals surface area contributed by atoms with Crippen LogP contribution in [0.2, 0.25) is 5.02 Å². The Morgan fingerprint density at radius 2 is 2.00 bits per heavy atom. The van der Waals surface area contributed by atoms with Gasteiger partial charge in [0.25, 0.3) is 0 Å². The third-order valence-corrected chi connectivity index (χ3v) is 6.86. The number of aromatic nitrogens is 1. The Balaban J connectivity index is 1.63. The molecule has 0 unspecified atom stereocenters. The minimum Gasteiger partial charge on any atom is -0.346 e. The first kappa shape index (κ1) is 18.7. The standard InChI is InChI=1S/C19H20ClN3O2S2/c1-27(24,25)22-17-12-23(10-9-15(17)13-5-3-2-4-6-13)19-21-16-8-7-14(20)11-18(16)26-19/h2-8,11,15,17,22H,9-10,12H2,1H3/t15-,17+/m0/s1. The molecule has 4 rings (SSSR count). The zero-order valence-corrected chi connectivity index (χ0v) is 17.2. The Bertz CT molecular complexity index is 1050. The van der Waals surface area contributed by atoms with Crippen LogP contribution in [0, 0.1) is 0 Å². The van der Waals surface area contributed by atoms with Gasteiger partial charge in [-0.15, -0.1) is 0 Å². The molecule has 0 spiro atoms. The normalized spacial score (nSPS) is 20.9. The molecule has 1 aliphatic heterocycles. The maximum absolute atomic E-state index is 11.9. The van der Waals surface area contributed by atoms with Crippen LogP contribution in [0.5, 0.6) is 0 Å². The summed E-state index contributed by atoms with van der Waals surface area (Å²) in [6, 6.07) is 15.6. The Labute approximate surface area is 168 Å². The summed E-state index contributed by atoms with van der Waals surface area (Å²) in [6.07, 6.45) is 2.07. The van der Waals surface area contributed by atoms with E-state index in [0.29, 0.717) is 11.6 Å². The van der Waals surface area contributed by atoms with E-state index in [1.54, 1.807) is 11.3 Å². The van der Waals surface area contributed by atoms with Gasteiger partial charge >= 0.3 is 0 Å². The first-order valence-corrected chi connectivity index (χ1v) is 11.8. The zero-order valence-electron chi connectivity index (χ0n) is 14.8. The van der Waals surface area contributed by atoms with E-state index in [-0.39, 0.29) is 12.0 Å². The van der Waals surface area contributed by atoms with Crippen LogP contribution in [0.25, 0.3) is 10.2 Å². The Hall–Kier alpha value is -1.67. The van der Waals surface area contributed by atoms with Gasteiger partial charge in [-0.3, -0.25) is 0 Å². The predicted octanol–water partition coefficient (Wildman–Crippen LogP) is 3.86. The summed E-state index contributed by atoms with van der Waals surface area (Å²) in [4.78, 5) is 6.88. The van der Waals surface area contributed by atoms with Gasteiger partial charge in [-0.25, -0.2) is 18.1 Å². The van der Waals surface area contributed by atoms with Crippen molar-refractivity contribution in [2.75, 3.05) is 24.2 Å². The van der Waals surface area contributed by atoms with Crippen molar-refractivity contribution in [3.05, 3.63) is 59.1 Å². The van der Waals surface area contributed by atoms with E-state index >= 15 is 0 Å². The van der Waals surface area contributed by atoms with Crippen molar-refractivity contribution >= 4 is 48.3 Å². The number of thiazole rings is 1. The highest BCUT2D eigenvalue weighted by Gasteiger charge is 2.33. The second-order valence-corrected chi connectivity index (χ2v) is 10.1. The number of hydrogen-bond donors (Lipinski definition) is 1. The maximum Gasteiger partial charge on any atom is 0.209 e. The number of nitrogens with one attached hydrogen (secondary N) is 1. The average molecular weight is 422 g/mol. The van der Waals surface area contributed by atoms with E-state index in [1.807, 2.05) is 36.4 Å². The number of piperidine rings is 1. The van der Waals surface area contributed by atoms with E-state index in [4.69, 9.17) is 16.6 Å². The van der Waals surface area contributed by atoms with Gasteiger partial charge in [0.05, 0.1) is 16.5 Å². The fraction of sp³-hybridized carbons (Fsp3) is 0.316. The van der Waals surface area contributed by atoms with E-state index in [2.05, 4.69) is 21.8 Å². The van der Waals surface area contributed by atoms with Crippen LogP contribution in [-0.4, -0.2) is 38.8 Å². The molecule has 0 radical (unpaired) electrons. The molecule has 2 heterocycles. The molecule has 3 aromatic rings. The summed E-state index contributed by atoms with van der Waals surface area (Å²) in [5.41, 5.74) is 2.08. The molecule has 0 aliphatic carbocycles. The SMILES string of the molecule is CS(=O)(=O)N[C@@H]1CN(c2nc3ccc(Cl)cc3s2)CC[C@H]1c1ccccc1. The Morgan fingerprint density at radius 3 is 2.74 bits per heavy atom. The molecule has 1 aromatic heterocycles. The highest BCUT2D eigenvalue weighted by Crippen LogP contribution is 2.35. The van der Waals surface area contributed by atoms with Gasteiger partial charge < -0.3 is 4.90 Å². The lowest BCUT2D eigenvalue weighted by atomic mass is 9.86.